The lowest BCUT2D eigenvalue weighted by Crippen LogP contribution is -2.54. The topological polar surface area (TPSA) is 104 Å². The molecule has 2 N–H and O–H groups in total. The molecule has 2 aliphatic rings. The number of halogens is 4. The summed E-state index contributed by atoms with van der Waals surface area (Å²) in [5, 5.41) is 6.13. The Morgan fingerprint density at radius 3 is 2.46 bits per heavy atom. The predicted octanol–water partition coefficient (Wildman–Crippen LogP) is 7.34. The average molecular weight is 714 g/mol. The molecule has 6 rings (SSSR count). The molecule has 3 unspecified atom stereocenters. The maximum Gasteiger partial charge on any atom is 0.434 e. The minimum absolute atomic E-state index is 0.0499. The van der Waals surface area contributed by atoms with Gasteiger partial charge in [-0.05, 0) is 73.9 Å². The summed E-state index contributed by atoms with van der Waals surface area (Å²) in [5.41, 5.74) is 2.17. The monoisotopic (exact) mass is 713 g/mol. The molecule has 1 saturated carbocycles. The van der Waals surface area contributed by atoms with Crippen LogP contribution in [0.2, 0.25) is 0 Å². The van der Waals surface area contributed by atoms with E-state index in [9.17, 15) is 27.2 Å². The van der Waals surface area contributed by atoms with Crippen LogP contribution in [0.4, 0.5) is 17.6 Å². The summed E-state index contributed by atoms with van der Waals surface area (Å²) in [6.45, 7) is 9.77. The smallest absolute Gasteiger partial charge is 0.349 e. The second-order valence-corrected chi connectivity index (χ2v) is 13.7. The van der Waals surface area contributed by atoms with Crippen molar-refractivity contribution in [1.82, 2.24) is 29.9 Å². The maximum atomic E-state index is 14.0. The number of alkyl halides is 3. The first-order chi connectivity index (χ1) is 24.7. The van der Waals surface area contributed by atoms with Gasteiger partial charge in [-0.25, -0.2) is 19.4 Å². The van der Waals surface area contributed by atoms with Gasteiger partial charge in [-0.15, -0.1) is 0 Å². The van der Waals surface area contributed by atoms with Crippen LogP contribution in [0.3, 0.4) is 0 Å². The van der Waals surface area contributed by atoms with Crippen LogP contribution in [0.1, 0.15) is 62.8 Å². The zero-order valence-corrected chi connectivity index (χ0v) is 29.0. The third-order valence-electron chi connectivity index (χ3n) is 9.04. The fourth-order valence-corrected chi connectivity index (χ4v) is 6.40. The summed E-state index contributed by atoms with van der Waals surface area (Å²) in [6.07, 6.45) is 8.44. The minimum Gasteiger partial charge on any atom is -0.349 e. The lowest BCUT2D eigenvalue weighted by molar-refractivity contribution is -0.140. The zero-order chi connectivity index (χ0) is 37.2. The van der Waals surface area contributed by atoms with E-state index in [0.29, 0.717) is 30.6 Å². The number of amides is 2. The normalized spacial score (nSPS) is 18.1. The molecule has 4 aromatic rings. The summed E-state index contributed by atoms with van der Waals surface area (Å²) in [6, 6.07) is 12.7. The number of nitrogens with zero attached hydrogens (tertiary/aromatic N) is 5. The first-order valence-electron chi connectivity index (χ1n) is 17.0. The van der Waals surface area contributed by atoms with Gasteiger partial charge in [0.05, 0.1) is 0 Å². The van der Waals surface area contributed by atoms with Crippen molar-refractivity contribution >= 4 is 23.8 Å². The molecular formula is C39H39F4N7O2. The van der Waals surface area contributed by atoms with Gasteiger partial charge in [0.15, 0.2) is 5.69 Å². The molecule has 3 heterocycles. The Morgan fingerprint density at radius 1 is 1.06 bits per heavy atom. The Bertz CT molecular complexity index is 2060. The average Bonchev–Trinajstić information content (AvgIpc) is 3.78. The van der Waals surface area contributed by atoms with Gasteiger partial charge >= 0.3 is 6.18 Å². The highest BCUT2D eigenvalue weighted by Crippen LogP contribution is 2.48. The molecular weight excluding hydrogens is 674 g/mol. The maximum absolute atomic E-state index is 14.0. The molecule has 2 aromatic carbocycles. The SMILES string of the molecule is C=C1N=CC=CN1/C(=C\CC)CC(NC(=O)C1CC1c1ccc(-c2cnc3nc(C(F)(F)F)cn3c2)cc1)C(=O)NC(C)(C)Cc1ccc(F)cc1. The number of benzene rings is 2. The number of fused-ring (bicyclic) bond motifs is 1. The van der Waals surface area contributed by atoms with Gasteiger partial charge in [-0.2, -0.15) is 13.2 Å². The van der Waals surface area contributed by atoms with E-state index in [1.54, 1.807) is 35.5 Å². The number of carbonyl (C=O) groups excluding carboxylic acids is 2. The van der Waals surface area contributed by atoms with Gasteiger partial charge in [0.1, 0.15) is 17.7 Å². The molecule has 0 spiro atoms. The minimum atomic E-state index is -4.57. The Balaban J connectivity index is 1.16. The number of allylic oxidation sites excluding steroid dienone is 2. The molecule has 1 fully saturated rings. The Labute approximate surface area is 298 Å². The van der Waals surface area contributed by atoms with Crippen molar-refractivity contribution in [3.8, 4) is 11.1 Å². The number of rotatable bonds is 12. The van der Waals surface area contributed by atoms with Gasteiger partial charge in [-0.1, -0.05) is 56.0 Å². The molecule has 52 heavy (non-hydrogen) atoms. The molecule has 270 valence electrons. The molecule has 1 aliphatic carbocycles. The van der Waals surface area contributed by atoms with E-state index in [1.165, 1.54) is 22.7 Å². The van der Waals surface area contributed by atoms with E-state index in [-0.39, 0.29) is 41.7 Å². The fraction of sp³-hybridized carbons (Fsp3) is 0.308. The summed E-state index contributed by atoms with van der Waals surface area (Å²) >= 11 is 0. The third-order valence-corrected chi connectivity index (χ3v) is 9.04. The number of aromatic nitrogens is 3. The van der Waals surface area contributed by atoms with Crippen molar-refractivity contribution in [3.05, 3.63) is 126 Å². The van der Waals surface area contributed by atoms with Crippen LogP contribution in [0.15, 0.2) is 109 Å². The highest BCUT2D eigenvalue weighted by atomic mass is 19.4. The van der Waals surface area contributed by atoms with Gasteiger partial charge in [-0.3, -0.25) is 14.0 Å². The van der Waals surface area contributed by atoms with Crippen LogP contribution >= 0.6 is 0 Å². The van der Waals surface area contributed by atoms with Gasteiger partial charge in [0.2, 0.25) is 17.6 Å². The van der Waals surface area contributed by atoms with E-state index in [1.807, 2.05) is 57.3 Å². The van der Waals surface area contributed by atoms with Crippen molar-refractivity contribution in [2.45, 2.75) is 70.1 Å². The molecule has 0 saturated heterocycles. The largest absolute Gasteiger partial charge is 0.434 e. The zero-order valence-electron chi connectivity index (χ0n) is 29.0. The number of imidazole rings is 1. The molecule has 2 aromatic heterocycles. The van der Waals surface area contributed by atoms with E-state index in [0.717, 1.165) is 28.6 Å². The lowest BCUT2D eigenvalue weighted by atomic mass is 9.94. The lowest BCUT2D eigenvalue weighted by Gasteiger charge is -2.32. The molecule has 9 nitrogen and oxygen atoms in total. The summed E-state index contributed by atoms with van der Waals surface area (Å²) < 4.78 is 54.1. The first-order valence-corrected chi connectivity index (χ1v) is 17.0. The van der Waals surface area contributed by atoms with Gasteiger partial charge < -0.3 is 15.5 Å². The Kier molecular flexibility index (Phi) is 10.1. The number of aliphatic imine (C=N–C) groups is 1. The van der Waals surface area contributed by atoms with Crippen LogP contribution in [0, 0.1) is 11.7 Å². The molecule has 3 atom stereocenters. The summed E-state index contributed by atoms with van der Waals surface area (Å²) in [4.78, 5) is 41.4. The number of hydrogen-bond donors (Lipinski definition) is 2. The Morgan fingerprint density at radius 2 is 1.79 bits per heavy atom. The van der Waals surface area contributed by atoms with E-state index >= 15 is 0 Å². The third kappa shape index (κ3) is 8.47. The number of carbonyl (C=O) groups is 2. The Hall–Kier alpha value is -5.59. The van der Waals surface area contributed by atoms with Crippen molar-refractivity contribution in [2.24, 2.45) is 10.9 Å². The predicted molar refractivity (Wildman–Crippen MR) is 190 cm³/mol. The quantitative estimate of drug-likeness (QED) is 0.150. The van der Waals surface area contributed by atoms with Crippen molar-refractivity contribution in [2.75, 3.05) is 0 Å². The first kappa shape index (κ1) is 36.2. The van der Waals surface area contributed by atoms with E-state index in [4.69, 9.17) is 0 Å². The van der Waals surface area contributed by atoms with Crippen molar-refractivity contribution < 1.29 is 27.2 Å². The van der Waals surface area contributed by atoms with Crippen LogP contribution in [0.5, 0.6) is 0 Å². The standard InChI is InChI=1S/C39H39F4N7O2/c1-5-7-30(50-17-6-16-44-24(50)2)18-33(36(52)48-38(3,4)20-25-8-14-29(40)15-9-25)46-35(51)32-19-31(32)27-12-10-26(11-13-27)28-21-45-37-47-34(39(41,42)43)23-49(37)22-28/h6-17,21-23,31-33H,2,5,18-20H2,1,3-4H3,(H,46,51)(H,48,52)/b30-7-. The molecule has 0 radical (unpaired) electrons. The second kappa shape index (κ2) is 14.6. The number of nitrogens with one attached hydrogen (secondary N) is 2. The molecule has 13 heteroatoms. The van der Waals surface area contributed by atoms with Crippen molar-refractivity contribution in [1.29, 1.82) is 0 Å². The van der Waals surface area contributed by atoms with Crippen LogP contribution in [-0.4, -0.2) is 48.9 Å². The molecule has 1 aliphatic heterocycles. The van der Waals surface area contributed by atoms with Crippen LogP contribution in [-0.2, 0) is 22.2 Å². The van der Waals surface area contributed by atoms with Crippen LogP contribution < -0.4 is 10.6 Å². The molecule has 2 amide bonds. The van der Waals surface area contributed by atoms with Crippen LogP contribution in [0.25, 0.3) is 16.9 Å². The van der Waals surface area contributed by atoms with Crippen molar-refractivity contribution in [3.63, 3.8) is 0 Å². The summed E-state index contributed by atoms with van der Waals surface area (Å²) in [7, 11) is 0. The second-order valence-electron chi connectivity index (χ2n) is 13.7. The highest BCUT2D eigenvalue weighted by molar-refractivity contribution is 5.90. The van der Waals surface area contributed by atoms with Gasteiger partial charge in [0.25, 0.3) is 0 Å². The fourth-order valence-electron chi connectivity index (χ4n) is 6.40. The van der Waals surface area contributed by atoms with Gasteiger partial charge in [0, 0.05) is 60.1 Å². The van der Waals surface area contributed by atoms with E-state index < -0.39 is 23.5 Å². The highest BCUT2D eigenvalue weighted by Gasteiger charge is 2.45. The summed E-state index contributed by atoms with van der Waals surface area (Å²) in [5.74, 6) is -0.931. The number of hydrogen-bond acceptors (Lipinski definition) is 6. The van der Waals surface area contributed by atoms with E-state index in [2.05, 4.69) is 32.2 Å². The molecule has 0 bridgehead atoms.